The number of rotatable bonds is 6. The van der Waals surface area contributed by atoms with E-state index in [9.17, 15) is 4.79 Å². The fourth-order valence-corrected chi connectivity index (χ4v) is 2.10. The molecule has 0 aliphatic rings. The van der Waals surface area contributed by atoms with Crippen molar-refractivity contribution in [1.29, 1.82) is 0 Å². The van der Waals surface area contributed by atoms with Crippen LogP contribution >= 0.6 is 0 Å². The Morgan fingerprint density at radius 1 is 1.45 bits per heavy atom. The second-order valence-electron chi connectivity index (χ2n) is 4.51. The molecule has 0 saturated heterocycles. The zero-order chi connectivity index (χ0) is 15.1. The summed E-state index contributed by atoms with van der Waals surface area (Å²) in [6, 6.07) is 3.81. The number of hydrogen-bond acceptors (Lipinski definition) is 3. The summed E-state index contributed by atoms with van der Waals surface area (Å²) in [6.45, 7) is 10.1. The van der Waals surface area contributed by atoms with Crippen molar-refractivity contribution in [2.75, 3.05) is 11.4 Å². The van der Waals surface area contributed by atoms with E-state index in [2.05, 4.69) is 11.6 Å². The molecule has 0 unspecified atom stereocenters. The van der Waals surface area contributed by atoms with Crippen LogP contribution in [0.3, 0.4) is 0 Å². The number of aryl methyl sites for hydroxylation is 1. The van der Waals surface area contributed by atoms with E-state index in [1.54, 1.807) is 17.9 Å². The van der Waals surface area contributed by atoms with Crippen molar-refractivity contribution in [2.24, 2.45) is 5.73 Å². The average Bonchev–Trinajstić information content (AvgIpc) is 2.46. The highest BCUT2D eigenvalue weighted by atomic mass is 16.2. The molecule has 0 saturated carbocycles. The van der Waals surface area contributed by atoms with Gasteiger partial charge in [-0.3, -0.25) is 9.69 Å². The molecule has 0 radical (unpaired) electrons. The van der Waals surface area contributed by atoms with E-state index >= 15 is 0 Å². The minimum absolute atomic E-state index is 0.00691. The summed E-state index contributed by atoms with van der Waals surface area (Å²) in [5.74, 6) is 0.702. The van der Waals surface area contributed by atoms with Crippen molar-refractivity contribution in [1.82, 2.24) is 4.98 Å². The van der Waals surface area contributed by atoms with Crippen molar-refractivity contribution in [3.63, 3.8) is 0 Å². The van der Waals surface area contributed by atoms with Crippen LogP contribution in [-0.2, 0) is 11.2 Å². The molecule has 0 atom stereocenters. The van der Waals surface area contributed by atoms with Crippen molar-refractivity contribution in [3.05, 3.63) is 42.2 Å². The lowest BCUT2D eigenvalue weighted by Gasteiger charge is -2.21. The zero-order valence-corrected chi connectivity index (χ0v) is 12.5. The van der Waals surface area contributed by atoms with Crippen LogP contribution in [0.25, 0.3) is 5.57 Å². The normalized spacial score (nSPS) is 11.2. The molecule has 108 valence electrons. The predicted molar refractivity (Wildman–Crippen MR) is 84.3 cm³/mol. The van der Waals surface area contributed by atoms with Gasteiger partial charge in [-0.05, 0) is 30.5 Å². The zero-order valence-electron chi connectivity index (χ0n) is 12.5. The molecule has 2 N–H and O–H groups in total. The molecule has 1 aromatic heterocycles. The SMILES string of the molecule is C=C/C(=C\N)c1ccc(N(CCC)C(C)=O)nc1CC. The van der Waals surface area contributed by atoms with Gasteiger partial charge < -0.3 is 5.73 Å². The van der Waals surface area contributed by atoms with E-state index < -0.39 is 0 Å². The molecule has 0 spiro atoms. The molecule has 0 aromatic carbocycles. The summed E-state index contributed by atoms with van der Waals surface area (Å²) < 4.78 is 0. The van der Waals surface area contributed by atoms with E-state index in [-0.39, 0.29) is 5.91 Å². The Balaban J connectivity index is 3.27. The predicted octanol–water partition coefficient (Wildman–Crippen LogP) is 2.89. The third-order valence-corrected chi connectivity index (χ3v) is 3.11. The van der Waals surface area contributed by atoms with E-state index in [0.717, 1.165) is 29.7 Å². The maximum absolute atomic E-state index is 11.7. The monoisotopic (exact) mass is 273 g/mol. The standard InChI is InChI=1S/C16H23N3O/c1-5-10-19(12(4)20)16-9-8-14(13(6-2)11-17)15(7-3)18-16/h6,8-9,11H,2,5,7,10,17H2,1,3-4H3/b13-11+. The van der Waals surface area contributed by atoms with Gasteiger partial charge in [0.1, 0.15) is 5.82 Å². The van der Waals surface area contributed by atoms with Gasteiger partial charge in [-0.15, -0.1) is 0 Å². The maximum Gasteiger partial charge on any atom is 0.225 e. The summed E-state index contributed by atoms with van der Waals surface area (Å²) in [7, 11) is 0. The van der Waals surface area contributed by atoms with Gasteiger partial charge in [-0.25, -0.2) is 4.98 Å². The summed E-state index contributed by atoms with van der Waals surface area (Å²) in [4.78, 5) is 18.0. The van der Waals surface area contributed by atoms with Crippen molar-refractivity contribution in [2.45, 2.75) is 33.6 Å². The van der Waals surface area contributed by atoms with Gasteiger partial charge in [-0.1, -0.05) is 26.5 Å². The van der Waals surface area contributed by atoms with Crippen LogP contribution in [0.4, 0.5) is 5.82 Å². The number of allylic oxidation sites excluding steroid dienone is 2. The summed E-state index contributed by atoms with van der Waals surface area (Å²) >= 11 is 0. The van der Waals surface area contributed by atoms with Gasteiger partial charge in [0.2, 0.25) is 5.91 Å². The molecule has 0 aliphatic heterocycles. The number of amides is 1. The topological polar surface area (TPSA) is 59.2 Å². The lowest BCUT2D eigenvalue weighted by atomic mass is 10.0. The van der Waals surface area contributed by atoms with Crippen LogP contribution in [0.5, 0.6) is 0 Å². The van der Waals surface area contributed by atoms with Crippen LogP contribution in [0.2, 0.25) is 0 Å². The van der Waals surface area contributed by atoms with Crippen LogP contribution in [0, 0.1) is 0 Å². The molecular weight excluding hydrogens is 250 g/mol. The quantitative estimate of drug-likeness (QED) is 0.811. The van der Waals surface area contributed by atoms with Gasteiger partial charge in [0.25, 0.3) is 0 Å². The van der Waals surface area contributed by atoms with E-state index in [1.165, 1.54) is 6.20 Å². The fraction of sp³-hybridized carbons (Fsp3) is 0.375. The Morgan fingerprint density at radius 2 is 2.15 bits per heavy atom. The first-order valence-electron chi connectivity index (χ1n) is 6.91. The number of anilines is 1. The maximum atomic E-state index is 11.7. The molecule has 20 heavy (non-hydrogen) atoms. The lowest BCUT2D eigenvalue weighted by Crippen LogP contribution is -2.30. The molecule has 4 nitrogen and oxygen atoms in total. The number of carbonyl (C=O) groups excluding carboxylic acids is 1. The molecule has 0 aliphatic carbocycles. The van der Waals surface area contributed by atoms with Gasteiger partial charge in [0.05, 0.1) is 5.69 Å². The number of aromatic nitrogens is 1. The van der Waals surface area contributed by atoms with E-state index in [4.69, 9.17) is 5.73 Å². The first-order chi connectivity index (χ1) is 9.58. The summed E-state index contributed by atoms with van der Waals surface area (Å²) in [5, 5.41) is 0. The van der Waals surface area contributed by atoms with Gasteiger partial charge in [0.15, 0.2) is 0 Å². The number of pyridine rings is 1. The van der Waals surface area contributed by atoms with Gasteiger partial charge >= 0.3 is 0 Å². The summed E-state index contributed by atoms with van der Waals surface area (Å²) in [6.07, 6.45) is 4.90. The first-order valence-corrected chi connectivity index (χ1v) is 6.91. The highest BCUT2D eigenvalue weighted by Gasteiger charge is 2.14. The minimum atomic E-state index is 0.00691. The Kier molecular flexibility index (Phi) is 5.97. The van der Waals surface area contributed by atoms with Crippen molar-refractivity contribution in [3.8, 4) is 0 Å². The number of nitrogens with two attached hydrogens (primary N) is 1. The Morgan fingerprint density at radius 3 is 2.60 bits per heavy atom. The largest absolute Gasteiger partial charge is 0.404 e. The first kappa shape index (κ1) is 16.0. The number of nitrogens with zero attached hydrogens (tertiary/aromatic N) is 2. The Bertz CT molecular complexity index is 520. The molecule has 4 heteroatoms. The Hall–Kier alpha value is -2.10. The molecule has 1 amide bonds. The van der Waals surface area contributed by atoms with Gasteiger partial charge in [-0.2, -0.15) is 0 Å². The van der Waals surface area contributed by atoms with Crippen LogP contribution < -0.4 is 10.6 Å². The fourth-order valence-electron chi connectivity index (χ4n) is 2.10. The molecule has 0 bridgehead atoms. The second kappa shape index (κ2) is 7.48. The Labute approximate surface area is 121 Å². The highest BCUT2D eigenvalue weighted by Crippen LogP contribution is 2.22. The highest BCUT2D eigenvalue weighted by molar-refractivity contribution is 5.90. The van der Waals surface area contributed by atoms with Crippen LogP contribution in [0.15, 0.2) is 31.0 Å². The molecule has 0 fully saturated rings. The van der Waals surface area contributed by atoms with E-state index in [1.807, 2.05) is 26.0 Å². The molecular formula is C16H23N3O. The van der Waals surface area contributed by atoms with E-state index in [0.29, 0.717) is 12.4 Å². The molecule has 1 heterocycles. The average molecular weight is 273 g/mol. The molecule has 1 aromatic rings. The third-order valence-electron chi connectivity index (χ3n) is 3.11. The lowest BCUT2D eigenvalue weighted by molar-refractivity contribution is -0.116. The number of carbonyl (C=O) groups is 1. The second-order valence-corrected chi connectivity index (χ2v) is 4.51. The minimum Gasteiger partial charge on any atom is -0.404 e. The van der Waals surface area contributed by atoms with Crippen LogP contribution in [0.1, 0.15) is 38.4 Å². The smallest absolute Gasteiger partial charge is 0.225 e. The van der Waals surface area contributed by atoms with Gasteiger partial charge in [0, 0.05) is 25.2 Å². The summed E-state index contributed by atoms with van der Waals surface area (Å²) in [5.41, 5.74) is 8.34. The molecule has 1 rings (SSSR count). The third kappa shape index (κ3) is 3.47. The van der Waals surface area contributed by atoms with Crippen LogP contribution in [-0.4, -0.2) is 17.4 Å². The number of hydrogen-bond donors (Lipinski definition) is 1. The van der Waals surface area contributed by atoms with Crippen molar-refractivity contribution >= 4 is 17.3 Å². The van der Waals surface area contributed by atoms with Crippen molar-refractivity contribution < 1.29 is 4.79 Å².